The maximum atomic E-state index is 13.8. The second-order valence-corrected chi connectivity index (χ2v) is 11.5. The third-order valence-corrected chi connectivity index (χ3v) is 9.38. The van der Waals surface area contributed by atoms with Gasteiger partial charge in [-0.15, -0.1) is 0 Å². The molecule has 4 rings (SSSR count). The SMILES string of the molecule is O=C(O)CN(C1(c2cc(-c3ccccc3Cl)ccc2Cl)CCC1)S(=O)(=O)c1ccc(Cl)c(Cl)c1. The second kappa shape index (κ2) is 9.69. The van der Waals surface area contributed by atoms with Gasteiger partial charge in [0, 0.05) is 15.6 Å². The molecule has 0 aliphatic heterocycles. The van der Waals surface area contributed by atoms with Gasteiger partial charge in [0.15, 0.2) is 0 Å². The van der Waals surface area contributed by atoms with E-state index < -0.39 is 28.1 Å². The van der Waals surface area contributed by atoms with Gasteiger partial charge in [-0.3, -0.25) is 4.79 Å². The molecule has 178 valence electrons. The molecule has 1 N–H and O–H groups in total. The van der Waals surface area contributed by atoms with E-state index in [2.05, 4.69) is 0 Å². The number of nitrogens with zero attached hydrogens (tertiary/aromatic N) is 1. The molecule has 0 heterocycles. The summed E-state index contributed by atoms with van der Waals surface area (Å²) in [5, 5.41) is 10.8. The Labute approximate surface area is 217 Å². The van der Waals surface area contributed by atoms with Crippen LogP contribution in [0.5, 0.6) is 0 Å². The van der Waals surface area contributed by atoms with Gasteiger partial charge >= 0.3 is 5.97 Å². The fourth-order valence-electron chi connectivity index (χ4n) is 4.26. The van der Waals surface area contributed by atoms with Crippen LogP contribution in [-0.4, -0.2) is 30.3 Å². The average Bonchev–Trinajstić information content (AvgIpc) is 2.75. The highest BCUT2D eigenvalue weighted by Crippen LogP contribution is 2.51. The Morgan fingerprint density at radius 2 is 1.56 bits per heavy atom. The van der Waals surface area contributed by atoms with Crippen molar-refractivity contribution in [3.8, 4) is 11.1 Å². The fraction of sp³-hybridized carbons (Fsp3) is 0.208. The molecular weight excluding hydrogens is 540 g/mol. The number of sulfonamides is 1. The van der Waals surface area contributed by atoms with Crippen LogP contribution in [0.1, 0.15) is 24.8 Å². The van der Waals surface area contributed by atoms with Gasteiger partial charge in [0.05, 0.1) is 20.5 Å². The molecule has 1 fully saturated rings. The largest absolute Gasteiger partial charge is 0.480 e. The first-order valence-corrected chi connectivity index (χ1v) is 13.3. The summed E-state index contributed by atoms with van der Waals surface area (Å²) in [5.74, 6) is -1.28. The van der Waals surface area contributed by atoms with Crippen LogP contribution in [0, 0.1) is 0 Å². The van der Waals surface area contributed by atoms with Gasteiger partial charge in [0.1, 0.15) is 6.54 Å². The van der Waals surface area contributed by atoms with Crippen LogP contribution in [-0.2, 0) is 20.4 Å². The summed E-state index contributed by atoms with van der Waals surface area (Å²) in [4.78, 5) is 11.7. The standard InChI is InChI=1S/C24H19Cl4NO4S/c25-19-5-2-1-4-17(19)15-6-8-20(26)18(12-15)24(10-3-11-24)29(14-23(30)31)34(32,33)16-7-9-21(27)22(28)13-16/h1-2,4-9,12-13H,3,10-11,14H2,(H,30,31). The molecule has 3 aromatic rings. The molecule has 0 unspecified atom stereocenters. The lowest BCUT2D eigenvalue weighted by molar-refractivity contribution is -0.139. The zero-order valence-electron chi connectivity index (χ0n) is 17.6. The molecule has 0 bridgehead atoms. The molecular formula is C24H19Cl4NO4S. The van der Waals surface area contributed by atoms with Crippen molar-refractivity contribution in [3.05, 3.63) is 86.3 Å². The van der Waals surface area contributed by atoms with E-state index in [1.54, 1.807) is 24.3 Å². The quantitative estimate of drug-likeness (QED) is 0.335. The van der Waals surface area contributed by atoms with Crippen molar-refractivity contribution in [1.29, 1.82) is 0 Å². The maximum absolute atomic E-state index is 13.8. The predicted octanol–water partition coefficient (Wildman–Crippen LogP) is 7.12. The highest BCUT2D eigenvalue weighted by Gasteiger charge is 2.51. The zero-order chi connectivity index (χ0) is 24.7. The first kappa shape index (κ1) is 25.3. The second-order valence-electron chi connectivity index (χ2n) is 8.04. The van der Waals surface area contributed by atoms with Crippen molar-refractivity contribution in [2.45, 2.75) is 29.7 Å². The lowest BCUT2D eigenvalue weighted by atomic mass is 9.71. The van der Waals surface area contributed by atoms with Gasteiger partial charge in [-0.1, -0.05) is 70.7 Å². The van der Waals surface area contributed by atoms with Crippen molar-refractivity contribution in [2.75, 3.05) is 6.54 Å². The minimum Gasteiger partial charge on any atom is -0.480 e. The number of carboxylic acids is 1. The summed E-state index contributed by atoms with van der Waals surface area (Å²) in [5.41, 5.74) is 0.896. The van der Waals surface area contributed by atoms with Crippen molar-refractivity contribution in [2.24, 2.45) is 0 Å². The first-order valence-electron chi connectivity index (χ1n) is 10.3. The zero-order valence-corrected chi connectivity index (χ0v) is 21.5. The molecule has 5 nitrogen and oxygen atoms in total. The summed E-state index contributed by atoms with van der Waals surface area (Å²) in [7, 11) is -4.28. The lowest BCUT2D eigenvalue weighted by Crippen LogP contribution is -2.55. The Hall–Kier alpha value is -1.80. The van der Waals surface area contributed by atoms with Crippen molar-refractivity contribution >= 4 is 62.4 Å². The van der Waals surface area contributed by atoms with E-state index in [0.717, 1.165) is 15.4 Å². The van der Waals surface area contributed by atoms with Gasteiger partial charge in [0.2, 0.25) is 10.0 Å². The van der Waals surface area contributed by atoms with Gasteiger partial charge in [-0.2, -0.15) is 4.31 Å². The van der Waals surface area contributed by atoms with Crippen LogP contribution in [0.25, 0.3) is 11.1 Å². The van der Waals surface area contributed by atoms with E-state index >= 15 is 0 Å². The smallest absolute Gasteiger partial charge is 0.318 e. The van der Waals surface area contributed by atoms with Crippen LogP contribution in [0.4, 0.5) is 0 Å². The Kier molecular flexibility index (Phi) is 7.21. The minimum absolute atomic E-state index is 0.0550. The molecule has 34 heavy (non-hydrogen) atoms. The van der Waals surface area contributed by atoms with E-state index in [4.69, 9.17) is 46.4 Å². The molecule has 1 aliphatic rings. The van der Waals surface area contributed by atoms with Crippen LogP contribution >= 0.6 is 46.4 Å². The van der Waals surface area contributed by atoms with Gasteiger partial charge in [-0.05, 0) is 66.8 Å². The Bertz CT molecular complexity index is 1370. The number of hydrogen-bond acceptors (Lipinski definition) is 3. The van der Waals surface area contributed by atoms with Crippen molar-refractivity contribution < 1.29 is 18.3 Å². The number of aliphatic carboxylic acids is 1. The Morgan fingerprint density at radius 3 is 2.15 bits per heavy atom. The molecule has 1 aliphatic carbocycles. The third-order valence-electron chi connectivity index (χ3n) is 6.07. The third kappa shape index (κ3) is 4.55. The van der Waals surface area contributed by atoms with E-state index in [9.17, 15) is 18.3 Å². The van der Waals surface area contributed by atoms with Gasteiger partial charge < -0.3 is 5.11 Å². The van der Waals surface area contributed by atoms with Crippen molar-refractivity contribution in [3.63, 3.8) is 0 Å². The Morgan fingerprint density at radius 1 is 0.882 bits per heavy atom. The van der Waals surface area contributed by atoms with E-state index in [-0.39, 0.29) is 14.9 Å². The highest BCUT2D eigenvalue weighted by molar-refractivity contribution is 7.89. The van der Waals surface area contributed by atoms with Crippen LogP contribution in [0.15, 0.2) is 65.6 Å². The fourth-order valence-corrected chi connectivity index (χ4v) is 6.95. The summed E-state index contributed by atoms with van der Waals surface area (Å²) in [6.07, 6.45) is 1.53. The molecule has 1 saturated carbocycles. The lowest BCUT2D eigenvalue weighted by Gasteiger charge is -2.49. The first-order chi connectivity index (χ1) is 16.1. The number of halogens is 4. The maximum Gasteiger partial charge on any atom is 0.318 e. The Balaban J connectivity index is 1.89. The summed E-state index contributed by atoms with van der Waals surface area (Å²) in [6.45, 7) is -0.741. The number of carbonyl (C=O) groups is 1. The van der Waals surface area contributed by atoms with Crippen molar-refractivity contribution in [1.82, 2.24) is 4.31 Å². The van der Waals surface area contributed by atoms with E-state index in [0.29, 0.717) is 34.9 Å². The average molecular weight is 559 g/mol. The molecule has 0 atom stereocenters. The molecule has 3 aromatic carbocycles. The number of hydrogen-bond donors (Lipinski definition) is 1. The normalized spacial score (nSPS) is 15.2. The number of carboxylic acid groups (broad SMARTS) is 1. The summed E-state index contributed by atoms with van der Waals surface area (Å²) in [6, 6.07) is 16.5. The molecule has 0 aromatic heterocycles. The van der Waals surface area contributed by atoms with Crippen LogP contribution in [0.3, 0.4) is 0 Å². The monoisotopic (exact) mass is 557 g/mol. The summed E-state index contributed by atoms with van der Waals surface area (Å²) >= 11 is 25.0. The minimum atomic E-state index is -4.28. The topological polar surface area (TPSA) is 74.7 Å². The van der Waals surface area contributed by atoms with E-state index in [1.807, 2.05) is 18.2 Å². The molecule has 0 spiro atoms. The van der Waals surface area contributed by atoms with Gasteiger partial charge in [0.25, 0.3) is 0 Å². The molecule has 0 radical (unpaired) electrons. The number of rotatable bonds is 7. The number of benzene rings is 3. The van der Waals surface area contributed by atoms with Crippen LogP contribution < -0.4 is 0 Å². The molecule has 0 saturated heterocycles. The summed E-state index contributed by atoms with van der Waals surface area (Å²) < 4.78 is 28.5. The van der Waals surface area contributed by atoms with Crippen LogP contribution in [0.2, 0.25) is 20.1 Å². The highest BCUT2D eigenvalue weighted by atomic mass is 35.5. The predicted molar refractivity (Wildman–Crippen MR) is 135 cm³/mol. The van der Waals surface area contributed by atoms with E-state index in [1.165, 1.54) is 18.2 Å². The molecule has 10 heteroatoms. The molecule has 0 amide bonds. The van der Waals surface area contributed by atoms with Gasteiger partial charge in [-0.25, -0.2) is 8.42 Å².